The number of fused-ring (bicyclic) bond motifs is 2. The number of nitrogens with one attached hydrogen (secondary N) is 1. The number of carbonyl (C=O) groups is 1. The number of non-ortho nitro benzene ring substituents is 1. The van der Waals surface area contributed by atoms with Crippen molar-refractivity contribution in [1.82, 2.24) is 0 Å². The number of oxime groups is 1. The van der Waals surface area contributed by atoms with Gasteiger partial charge >= 0.3 is 0 Å². The average Bonchev–Trinajstić information content (AvgIpc) is 3.27. The number of nitrogens with zero attached hydrogens (tertiary/aromatic N) is 2. The second-order valence-electron chi connectivity index (χ2n) is 10.9. The van der Waals surface area contributed by atoms with Crippen LogP contribution >= 0.6 is 11.6 Å². The molecule has 10 nitrogen and oxygen atoms in total. The van der Waals surface area contributed by atoms with Crippen molar-refractivity contribution in [2.24, 2.45) is 17.0 Å². The number of benzene rings is 3. The maximum atomic E-state index is 13.9. The number of hydrogen-bond acceptors (Lipinski definition) is 8. The lowest BCUT2D eigenvalue weighted by Gasteiger charge is -2.38. The molecule has 2 atom stereocenters. The van der Waals surface area contributed by atoms with E-state index in [9.17, 15) is 41.6 Å². The highest BCUT2D eigenvalue weighted by Crippen LogP contribution is 2.51. The van der Waals surface area contributed by atoms with Gasteiger partial charge in [0.25, 0.3) is 11.6 Å². The van der Waals surface area contributed by atoms with E-state index >= 15 is 0 Å². The molecule has 3 aromatic rings. The molecule has 5 rings (SSSR count). The summed E-state index contributed by atoms with van der Waals surface area (Å²) >= 11 is 6.28. The van der Waals surface area contributed by atoms with Crippen LogP contribution in [0.4, 0.5) is 24.5 Å². The zero-order valence-corrected chi connectivity index (χ0v) is 24.3. The molecule has 2 aliphatic rings. The summed E-state index contributed by atoms with van der Waals surface area (Å²) in [5.74, 6) is -6.51. The Kier molecular flexibility index (Phi) is 8.69. The van der Waals surface area contributed by atoms with Gasteiger partial charge in [-0.2, -0.15) is 0 Å². The summed E-state index contributed by atoms with van der Waals surface area (Å²) in [6.07, 6.45) is 2.45. The minimum absolute atomic E-state index is 0.00188. The fraction of sp³-hybridized carbons (Fsp3) is 0.310. The molecule has 0 spiro atoms. The quantitative estimate of drug-likeness (QED) is 0.128. The molecule has 232 valence electrons. The summed E-state index contributed by atoms with van der Waals surface area (Å²) in [4.78, 5) is 28.0. The Morgan fingerprint density at radius 1 is 1.09 bits per heavy atom. The number of amides is 1. The van der Waals surface area contributed by atoms with Gasteiger partial charge in [-0.05, 0) is 73.4 Å². The lowest BCUT2D eigenvalue weighted by molar-refractivity contribution is -0.384. The van der Waals surface area contributed by atoms with Crippen LogP contribution in [0.5, 0.6) is 0 Å². The van der Waals surface area contributed by atoms with Gasteiger partial charge in [-0.25, -0.2) is 21.6 Å². The second-order valence-corrected chi connectivity index (χ2v) is 13.4. The zero-order valence-electron chi connectivity index (χ0n) is 22.8. The molecule has 2 unspecified atom stereocenters. The molecule has 44 heavy (non-hydrogen) atoms. The second kappa shape index (κ2) is 12.2. The van der Waals surface area contributed by atoms with Gasteiger partial charge in [0.2, 0.25) is 0 Å². The average molecular weight is 652 g/mol. The predicted molar refractivity (Wildman–Crippen MR) is 153 cm³/mol. The third kappa shape index (κ3) is 6.42. The van der Waals surface area contributed by atoms with Gasteiger partial charge in [0.15, 0.2) is 27.3 Å². The van der Waals surface area contributed by atoms with Crippen LogP contribution < -0.4 is 5.32 Å². The van der Waals surface area contributed by atoms with E-state index < -0.39 is 60.8 Å². The molecule has 2 bridgehead atoms. The van der Waals surface area contributed by atoms with E-state index in [4.69, 9.17) is 16.4 Å². The first kappa shape index (κ1) is 31.4. The van der Waals surface area contributed by atoms with Crippen molar-refractivity contribution in [1.29, 1.82) is 0 Å². The first-order valence-corrected chi connectivity index (χ1v) is 15.3. The Bertz CT molecular complexity index is 1720. The maximum Gasteiger partial charge on any atom is 0.269 e. The minimum Gasteiger partial charge on any atom is -0.391 e. The fourth-order valence-electron chi connectivity index (χ4n) is 5.98. The van der Waals surface area contributed by atoms with Crippen molar-refractivity contribution < 1.29 is 41.3 Å². The lowest BCUT2D eigenvalue weighted by Crippen LogP contribution is -2.47. The van der Waals surface area contributed by atoms with E-state index in [1.165, 1.54) is 42.6 Å². The monoisotopic (exact) mass is 651 g/mol. The summed E-state index contributed by atoms with van der Waals surface area (Å²) in [6, 6.07) is 10.4. The van der Waals surface area contributed by atoms with Crippen LogP contribution in [0.15, 0.2) is 64.6 Å². The highest BCUT2D eigenvalue weighted by molar-refractivity contribution is 7.92. The van der Waals surface area contributed by atoms with E-state index in [1.807, 2.05) is 0 Å². The normalized spacial score (nSPS) is 23.1. The van der Waals surface area contributed by atoms with Crippen molar-refractivity contribution in [2.75, 3.05) is 5.32 Å². The largest absolute Gasteiger partial charge is 0.391 e. The Morgan fingerprint density at radius 3 is 2.30 bits per heavy atom. The first-order valence-electron chi connectivity index (χ1n) is 13.4. The van der Waals surface area contributed by atoms with Gasteiger partial charge in [0.05, 0.1) is 26.3 Å². The number of sulfone groups is 1. The van der Waals surface area contributed by atoms with E-state index in [2.05, 4.69) is 10.5 Å². The van der Waals surface area contributed by atoms with Crippen LogP contribution in [-0.2, 0) is 21.3 Å². The van der Waals surface area contributed by atoms with E-state index in [0.717, 1.165) is 6.07 Å². The molecule has 3 aromatic carbocycles. The van der Waals surface area contributed by atoms with Gasteiger partial charge in [-0.1, -0.05) is 16.8 Å². The summed E-state index contributed by atoms with van der Waals surface area (Å²) in [6.45, 7) is 0.00188. The first-order chi connectivity index (χ1) is 20.8. The van der Waals surface area contributed by atoms with E-state index in [1.54, 1.807) is 0 Å². The summed E-state index contributed by atoms with van der Waals surface area (Å²) in [5.41, 5.74) is -1.40. The fourth-order valence-corrected chi connectivity index (χ4v) is 8.83. The van der Waals surface area contributed by atoms with Crippen LogP contribution in [0.3, 0.4) is 0 Å². The molecule has 2 fully saturated rings. The molecule has 0 saturated heterocycles. The number of rotatable bonds is 9. The Balaban J connectivity index is 1.28. The van der Waals surface area contributed by atoms with Gasteiger partial charge in [0, 0.05) is 35.5 Å². The molecule has 0 radical (unpaired) electrons. The van der Waals surface area contributed by atoms with Crippen LogP contribution in [0.1, 0.15) is 41.6 Å². The minimum atomic E-state index is -4.11. The van der Waals surface area contributed by atoms with E-state index in [-0.39, 0.29) is 46.3 Å². The van der Waals surface area contributed by atoms with Gasteiger partial charge in [-0.15, -0.1) is 0 Å². The van der Waals surface area contributed by atoms with Crippen molar-refractivity contribution in [3.8, 4) is 0 Å². The number of halogens is 4. The number of nitro benzene ring substituents is 1. The number of anilines is 1. The van der Waals surface area contributed by atoms with Crippen molar-refractivity contribution in [3.63, 3.8) is 0 Å². The van der Waals surface area contributed by atoms with Crippen molar-refractivity contribution in [3.05, 3.63) is 98.3 Å². The highest BCUT2D eigenvalue weighted by Gasteiger charge is 2.54. The Labute approximate surface area is 254 Å². The highest BCUT2D eigenvalue weighted by atomic mass is 35.5. The number of hydrogen-bond donors (Lipinski definition) is 2. The molecule has 2 N–H and O–H groups in total. The number of nitro groups is 1. The Hall–Kier alpha value is -4.01. The van der Waals surface area contributed by atoms with Crippen LogP contribution in [0.25, 0.3) is 0 Å². The lowest BCUT2D eigenvalue weighted by atomic mass is 9.78. The molecule has 2 saturated carbocycles. The SMILES string of the molecule is O=C(Nc1cc(F)c(F)c(F)c1)c1ccc(Cl)c(S(=O)(=O)[C@H]2C3CCC2C[C@](O)(/C=N/OCc2ccc([N+](=O)[O-])cc2)C3)c1. The standard InChI is InChI=1S/C29H25ClF3N3O7S/c30-22-8-5-17(28(37)35-20-10-23(31)26(33)24(32)11-20)9-25(22)44(41,42)27-18-3-4-19(27)13-29(38,12-18)15-34-43-14-16-1-6-21(7-2-16)36(39)40/h1-2,5-11,15,18-19,27,38H,3-4,12-14H2,(H,35,37)/b34-15+/t18?,19?,27-,29-. The molecule has 15 heteroatoms. The summed E-state index contributed by atoms with van der Waals surface area (Å²) in [7, 11) is -4.11. The number of aliphatic hydroxyl groups is 1. The summed E-state index contributed by atoms with van der Waals surface area (Å²) < 4.78 is 68.2. The Morgan fingerprint density at radius 2 is 1.70 bits per heavy atom. The molecule has 0 heterocycles. The van der Waals surface area contributed by atoms with Crippen molar-refractivity contribution in [2.45, 2.75) is 48.0 Å². The maximum absolute atomic E-state index is 13.9. The van der Waals surface area contributed by atoms with Gasteiger partial charge in [0.1, 0.15) is 12.2 Å². The molecular formula is C29H25ClF3N3O7S. The topological polar surface area (TPSA) is 148 Å². The van der Waals surface area contributed by atoms with Crippen molar-refractivity contribution >= 4 is 44.9 Å². The molecule has 1 amide bonds. The third-order valence-electron chi connectivity index (χ3n) is 7.91. The summed E-state index contributed by atoms with van der Waals surface area (Å²) in [5, 5.41) is 27.1. The van der Waals surface area contributed by atoms with Crippen LogP contribution in [-0.4, -0.2) is 41.4 Å². The van der Waals surface area contributed by atoms with Crippen LogP contribution in [0, 0.1) is 39.4 Å². The predicted octanol–water partition coefficient (Wildman–Crippen LogP) is 5.81. The number of carbonyl (C=O) groups excluding carboxylic acids is 1. The smallest absolute Gasteiger partial charge is 0.269 e. The van der Waals surface area contributed by atoms with E-state index in [0.29, 0.717) is 30.5 Å². The molecular weight excluding hydrogens is 627 g/mol. The van der Waals surface area contributed by atoms with Gasteiger partial charge < -0.3 is 15.3 Å². The molecule has 0 aliphatic heterocycles. The molecule has 2 aliphatic carbocycles. The van der Waals surface area contributed by atoms with Crippen LogP contribution in [0.2, 0.25) is 5.02 Å². The third-order valence-corrected chi connectivity index (χ3v) is 10.8. The molecule has 0 aromatic heterocycles. The zero-order chi connectivity index (χ0) is 31.8. The van der Waals surface area contributed by atoms with Gasteiger partial charge in [-0.3, -0.25) is 14.9 Å².